The lowest BCUT2D eigenvalue weighted by Crippen LogP contribution is -2.41. The van der Waals surface area contributed by atoms with Crippen molar-refractivity contribution in [3.05, 3.63) is 83.7 Å². The lowest BCUT2D eigenvalue weighted by atomic mass is 9.80. The van der Waals surface area contributed by atoms with Crippen LogP contribution in [0.25, 0.3) is 0 Å². The van der Waals surface area contributed by atoms with Gasteiger partial charge in [0.05, 0.1) is 20.3 Å². The van der Waals surface area contributed by atoms with Gasteiger partial charge >= 0.3 is 6.01 Å². The molecule has 0 fully saturated rings. The highest BCUT2D eigenvalue weighted by atomic mass is 16.6. The van der Waals surface area contributed by atoms with Crippen LogP contribution in [-0.2, 0) is 10.3 Å². The summed E-state index contributed by atoms with van der Waals surface area (Å²) < 4.78 is 23.1. The van der Waals surface area contributed by atoms with Crippen LogP contribution in [0.15, 0.2) is 66.7 Å². The molecule has 2 heterocycles. The maximum atomic E-state index is 6.32. The number of aromatic nitrogens is 6. The quantitative estimate of drug-likeness (QED) is 0.424. The van der Waals surface area contributed by atoms with Crippen molar-refractivity contribution in [3.63, 3.8) is 0 Å². The van der Waals surface area contributed by atoms with E-state index in [0.29, 0.717) is 0 Å². The summed E-state index contributed by atoms with van der Waals surface area (Å²) in [4.78, 5) is 8.61. The summed E-state index contributed by atoms with van der Waals surface area (Å²) in [6.45, 7) is 0. The molecule has 10 heteroatoms. The molecule has 0 saturated heterocycles. The van der Waals surface area contributed by atoms with Crippen LogP contribution in [0.3, 0.4) is 0 Å². The van der Waals surface area contributed by atoms with Crippen molar-refractivity contribution in [3.8, 4) is 17.8 Å². The molecule has 2 aromatic heterocycles. The number of hydrogen-bond acceptors (Lipinski definition) is 9. The SMILES string of the molecule is COc1cc(OC)nc(OC(c2nn[nH]n2)C(OC)(c2ccccc2)c2ccccc2)n1. The summed E-state index contributed by atoms with van der Waals surface area (Å²) in [6.07, 6.45) is -0.923. The Morgan fingerprint density at radius 3 is 1.81 bits per heavy atom. The normalized spacial score (nSPS) is 12.2. The lowest BCUT2D eigenvalue weighted by molar-refractivity contribution is -0.0765. The maximum absolute atomic E-state index is 6.32. The third-order valence-corrected chi connectivity index (χ3v) is 4.99. The molecule has 1 N–H and O–H groups in total. The second-order valence-corrected chi connectivity index (χ2v) is 6.67. The van der Waals surface area contributed by atoms with Gasteiger partial charge in [-0.1, -0.05) is 65.9 Å². The zero-order valence-corrected chi connectivity index (χ0v) is 17.8. The van der Waals surface area contributed by atoms with E-state index in [1.54, 1.807) is 13.2 Å². The molecule has 0 aliphatic rings. The first-order valence-electron chi connectivity index (χ1n) is 9.74. The van der Waals surface area contributed by atoms with E-state index in [1.165, 1.54) is 14.2 Å². The van der Waals surface area contributed by atoms with Crippen molar-refractivity contribution in [1.82, 2.24) is 30.6 Å². The zero-order chi connectivity index (χ0) is 22.4. The van der Waals surface area contributed by atoms with E-state index in [2.05, 4.69) is 30.6 Å². The van der Waals surface area contributed by atoms with Gasteiger partial charge in [0.1, 0.15) is 0 Å². The Balaban J connectivity index is 1.92. The number of benzene rings is 2. The first kappa shape index (κ1) is 21.2. The van der Waals surface area contributed by atoms with Crippen molar-refractivity contribution >= 4 is 0 Å². The van der Waals surface area contributed by atoms with Gasteiger partial charge in [-0.25, -0.2) is 0 Å². The van der Waals surface area contributed by atoms with Gasteiger partial charge in [-0.2, -0.15) is 15.2 Å². The Morgan fingerprint density at radius 1 is 0.812 bits per heavy atom. The topological polar surface area (TPSA) is 117 Å². The highest BCUT2D eigenvalue weighted by molar-refractivity contribution is 5.39. The second kappa shape index (κ2) is 9.40. The molecule has 32 heavy (non-hydrogen) atoms. The van der Waals surface area contributed by atoms with Crippen molar-refractivity contribution < 1.29 is 18.9 Å². The fourth-order valence-corrected chi connectivity index (χ4v) is 3.53. The average Bonchev–Trinajstić information content (AvgIpc) is 3.40. The highest BCUT2D eigenvalue weighted by Gasteiger charge is 2.48. The largest absolute Gasteiger partial charge is 0.481 e. The number of nitrogens with zero attached hydrogens (tertiary/aromatic N) is 5. The summed E-state index contributed by atoms with van der Waals surface area (Å²) in [5.74, 6) is 0.812. The van der Waals surface area contributed by atoms with Crippen LogP contribution in [0.5, 0.6) is 17.8 Å². The number of methoxy groups -OCH3 is 3. The van der Waals surface area contributed by atoms with Gasteiger partial charge < -0.3 is 18.9 Å². The van der Waals surface area contributed by atoms with Crippen molar-refractivity contribution in [2.24, 2.45) is 0 Å². The maximum Gasteiger partial charge on any atom is 0.323 e. The Kier molecular flexibility index (Phi) is 6.22. The van der Waals surface area contributed by atoms with Gasteiger partial charge in [0, 0.05) is 7.11 Å². The van der Waals surface area contributed by atoms with Gasteiger partial charge in [-0.15, -0.1) is 10.2 Å². The highest BCUT2D eigenvalue weighted by Crippen LogP contribution is 2.45. The number of hydrogen-bond donors (Lipinski definition) is 1. The van der Waals surface area contributed by atoms with Gasteiger partial charge in [0.2, 0.25) is 23.7 Å². The first-order chi connectivity index (χ1) is 15.7. The third-order valence-electron chi connectivity index (χ3n) is 4.99. The molecule has 0 aliphatic carbocycles. The molecule has 4 rings (SSSR count). The first-order valence-corrected chi connectivity index (χ1v) is 9.74. The van der Waals surface area contributed by atoms with Gasteiger partial charge in [-0.3, -0.25) is 0 Å². The van der Waals surface area contributed by atoms with E-state index in [-0.39, 0.29) is 23.6 Å². The number of nitrogens with one attached hydrogen (secondary N) is 1. The van der Waals surface area contributed by atoms with E-state index >= 15 is 0 Å². The minimum absolute atomic E-state index is 0.00397. The fourth-order valence-electron chi connectivity index (χ4n) is 3.53. The summed E-state index contributed by atoms with van der Waals surface area (Å²) >= 11 is 0. The minimum Gasteiger partial charge on any atom is -0.481 e. The van der Waals surface area contributed by atoms with Crippen LogP contribution >= 0.6 is 0 Å². The van der Waals surface area contributed by atoms with Crippen molar-refractivity contribution in [2.45, 2.75) is 11.7 Å². The molecule has 0 aliphatic heterocycles. The molecule has 0 radical (unpaired) electrons. The van der Waals surface area contributed by atoms with Crippen LogP contribution < -0.4 is 14.2 Å². The van der Waals surface area contributed by atoms with Crippen LogP contribution in [-0.4, -0.2) is 51.9 Å². The number of tetrazole rings is 1. The van der Waals surface area contributed by atoms with Crippen LogP contribution in [0, 0.1) is 0 Å². The molecular weight excluding hydrogens is 412 g/mol. The summed E-state index contributed by atoms with van der Waals surface area (Å²) in [7, 11) is 4.59. The van der Waals surface area contributed by atoms with Crippen LogP contribution in [0.2, 0.25) is 0 Å². The number of H-pyrrole nitrogens is 1. The van der Waals surface area contributed by atoms with E-state index in [9.17, 15) is 0 Å². The summed E-state index contributed by atoms with van der Waals surface area (Å²) in [6, 6.07) is 20.9. The van der Waals surface area contributed by atoms with E-state index in [4.69, 9.17) is 18.9 Å². The van der Waals surface area contributed by atoms with Crippen molar-refractivity contribution in [2.75, 3.05) is 21.3 Å². The molecule has 0 amide bonds. The summed E-state index contributed by atoms with van der Waals surface area (Å²) in [5.41, 5.74) is 0.475. The van der Waals surface area contributed by atoms with Crippen LogP contribution in [0.4, 0.5) is 0 Å². The molecule has 10 nitrogen and oxygen atoms in total. The Labute approximate surface area is 184 Å². The smallest absolute Gasteiger partial charge is 0.323 e. The van der Waals surface area contributed by atoms with Gasteiger partial charge in [-0.05, 0) is 11.1 Å². The number of aromatic amines is 1. The average molecular weight is 434 g/mol. The third kappa shape index (κ3) is 3.95. The monoisotopic (exact) mass is 434 g/mol. The molecule has 0 saturated carbocycles. The Morgan fingerprint density at radius 2 is 1.38 bits per heavy atom. The molecule has 0 spiro atoms. The second-order valence-electron chi connectivity index (χ2n) is 6.67. The van der Waals surface area contributed by atoms with E-state index in [0.717, 1.165) is 11.1 Å². The standard InChI is InChI=1S/C22H22N6O4/c1-29-17-14-18(30-2)24-21(23-17)32-19(20-25-27-28-26-20)22(31-3,15-10-6-4-7-11-15)16-12-8-5-9-13-16/h4-14,19H,1-3H3,(H,25,26,27,28). The molecule has 0 bridgehead atoms. The predicted molar refractivity (Wildman–Crippen MR) is 113 cm³/mol. The Bertz CT molecular complexity index is 1060. The van der Waals surface area contributed by atoms with E-state index < -0.39 is 11.7 Å². The van der Waals surface area contributed by atoms with Gasteiger partial charge in [0.15, 0.2) is 5.60 Å². The molecule has 4 aromatic rings. The minimum atomic E-state index is -1.16. The number of rotatable bonds is 9. The molecule has 164 valence electrons. The lowest BCUT2D eigenvalue weighted by Gasteiger charge is -2.38. The fraction of sp³-hybridized carbons (Fsp3) is 0.227. The van der Waals surface area contributed by atoms with Crippen LogP contribution in [0.1, 0.15) is 23.1 Å². The predicted octanol–water partition coefficient (Wildman–Crippen LogP) is 2.72. The molecule has 1 atom stereocenters. The van der Waals surface area contributed by atoms with Gasteiger partial charge in [0.25, 0.3) is 0 Å². The number of ether oxygens (including phenoxy) is 4. The van der Waals surface area contributed by atoms with E-state index in [1.807, 2.05) is 60.7 Å². The molecule has 2 aromatic carbocycles. The Hall–Kier alpha value is -4.05. The summed E-state index contributed by atoms with van der Waals surface area (Å²) in [5, 5.41) is 14.6. The van der Waals surface area contributed by atoms with Crippen molar-refractivity contribution in [1.29, 1.82) is 0 Å². The molecular formula is C22H22N6O4. The molecule has 1 unspecified atom stereocenters. The zero-order valence-electron chi connectivity index (χ0n) is 17.8.